The summed E-state index contributed by atoms with van der Waals surface area (Å²) in [4.78, 5) is 25.7. The van der Waals surface area contributed by atoms with E-state index in [0.29, 0.717) is 28.8 Å². The van der Waals surface area contributed by atoms with Crippen LogP contribution in [-0.4, -0.2) is 23.3 Å². The molecule has 0 aliphatic rings. The third-order valence-electron chi connectivity index (χ3n) is 3.88. The number of rotatable bonds is 6. The molecule has 0 radical (unpaired) electrons. The lowest BCUT2D eigenvalue weighted by Crippen LogP contribution is -2.31. The Hall–Kier alpha value is -2.04. The van der Waals surface area contributed by atoms with Crippen molar-refractivity contribution in [3.05, 3.63) is 63.6 Å². The lowest BCUT2D eigenvalue weighted by molar-refractivity contribution is -0.129. The number of carbonyl (C=O) groups is 2. The van der Waals surface area contributed by atoms with Gasteiger partial charge >= 0.3 is 0 Å². The molecule has 25 heavy (non-hydrogen) atoms. The maximum Gasteiger partial charge on any atom is 0.226 e. The first-order chi connectivity index (χ1) is 11.9. The summed E-state index contributed by atoms with van der Waals surface area (Å²) in [6, 6.07) is 12.8. The largest absolute Gasteiger partial charge is 0.338 e. The minimum absolute atomic E-state index is 0.0724. The normalized spacial score (nSPS) is 10.4. The van der Waals surface area contributed by atoms with Gasteiger partial charge < -0.3 is 10.2 Å². The van der Waals surface area contributed by atoms with Crippen LogP contribution in [-0.2, 0) is 16.1 Å². The van der Waals surface area contributed by atoms with Gasteiger partial charge in [0, 0.05) is 31.5 Å². The van der Waals surface area contributed by atoms with E-state index in [1.54, 1.807) is 23.1 Å². The fourth-order valence-corrected chi connectivity index (χ4v) is 2.72. The van der Waals surface area contributed by atoms with E-state index in [-0.39, 0.29) is 18.2 Å². The first-order valence-corrected chi connectivity index (χ1v) is 8.67. The minimum Gasteiger partial charge on any atom is -0.338 e. The van der Waals surface area contributed by atoms with Crippen LogP contribution in [0, 0.1) is 6.92 Å². The second kappa shape index (κ2) is 8.88. The van der Waals surface area contributed by atoms with Gasteiger partial charge in [0.2, 0.25) is 11.8 Å². The van der Waals surface area contributed by atoms with Crippen LogP contribution in [0.5, 0.6) is 0 Å². The number of nitrogens with one attached hydrogen (secondary N) is 1. The number of hydrogen-bond donors (Lipinski definition) is 1. The summed E-state index contributed by atoms with van der Waals surface area (Å²) in [5.74, 6) is -0.294. The number of amides is 2. The zero-order valence-electron chi connectivity index (χ0n) is 14.2. The summed E-state index contributed by atoms with van der Waals surface area (Å²) in [6.07, 6.45) is 0.175. The van der Waals surface area contributed by atoms with Crippen molar-refractivity contribution < 1.29 is 9.59 Å². The highest BCUT2D eigenvalue weighted by atomic mass is 35.5. The van der Waals surface area contributed by atoms with Gasteiger partial charge in [-0.15, -0.1) is 0 Å². The van der Waals surface area contributed by atoms with Gasteiger partial charge in [0.15, 0.2) is 0 Å². The van der Waals surface area contributed by atoms with Crippen molar-refractivity contribution in [2.75, 3.05) is 11.9 Å². The Morgan fingerprint density at radius 1 is 1.12 bits per heavy atom. The molecule has 2 aromatic carbocycles. The molecule has 0 saturated heterocycles. The van der Waals surface area contributed by atoms with Crippen molar-refractivity contribution in [3.8, 4) is 0 Å². The van der Waals surface area contributed by atoms with Crippen molar-refractivity contribution >= 4 is 40.7 Å². The Morgan fingerprint density at radius 2 is 1.84 bits per heavy atom. The fourth-order valence-electron chi connectivity index (χ4n) is 2.38. The SMILES string of the molecule is CC(=O)N(CCC(=O)Nc1cc(Cl)ccc1Cl)Cc1ccccc1C. The number of benzene rings is 2. The molecule has 0 aliphatic carbocycles. The molecule has 2 amide bonds. The van der Waals surface area contributed by atoms with Gasteiger partial charge in [-0.25, -0.2) is 0 Å². The summed E-state index contributed by atoms with van der Waals surface area (Å²) in [6.45, 7) is 4.31. The second-order valence-corrected chi connectivity index (χ2v) is 6.63. The van der Waals surface area contributed by atoms with E-state index in [2.05, 4.69) is 5.32 Å². The average Bonchev–Trinajstić information content (AvgIpc) is 2.56. The van der Waals surface area contributed by atoms with Crippen molar-refractivity contribution in [1.29, 1.82) is 0 Å². The zero-order chi connectivity index (χ0) is 18.4. The maximum absolute atomic E-state index is 12.2. The van der Waals surface area contributed by atoms with Gasteiger partial charge in [0.05, 0.1) is 10.7 Å². The fraction of sp³-hybridized carbons (Fsp3) is 0.263. The number of nitrogens with zero attached hydrogens (tertiary/aromatic N) is 1. The molecule has 0 fully saturated rings. The van der Waals surface area contributed by atoms with Gasteiger partial charge in [-0.3, -0.25) is 9.59 Å². The first kappa shape index (κ1) is 19.3. The molecule has 1 N–H and O–H groups in total. The molecule has 0 heterocycles. The third kappa shape index (κ3) is 5.76. The monoisotopic (exact) mass is 378 g/mol. The molecule has 0 aliphatic heterocycles. The highest BCUT2D eigenvalue weighted by Crippen LogP contribution is 2.25. The van der Waals surface area contributed by atoms with Crippen LogP contribution in [0.25, 0.3) is 0 Å². The summed E-state index contributed by atoms with van der Waals surface area (Å²) in [7, 11) is 0. The van der Waals surface area contributed by atoms with E-state index in [1.165, 1.54) is 6.92 Å². The quantitative estimate of drug-likeness (QED) is 0.792. The number of halogens is 2. The first-order valence-electron chi connectivity index (χ1n) is 7.91. The van der Waals surface area contributed by atoms with Gasteiger partial charge in [-0.1, -0.05) is 47.5 Å². The average molecular weight is 379 g/mol. The van der Waals surface area contributed by atoms with Crippen LogP contribution in [0.2, 0.25) is 10.0 Å². The van der Waals surface area contributed by atoms with Gasteiger partial charge in [-0.2, -0.15) is 0 Å². The predicted octanol–water partition coefficient (Wildman–Crippen LogP) is 4.68. The summed E-state index contributed by atoms with van der Waals surface area (Å²) in [5, 5.41) is 3.64. The van der Waals surface area contributed by atoms with Crippen molar-refractivity contribution in [2.24, 2.45) is 0 Å². The van der Waals surface area contributed by atoms with E-state index < -0.39 is 0 Å². The number of carbonyl (C=O) groups excluding carboxylic acids is 2. The second-order valence-electron chi connectivity index (χ2n) is 5.79. The zero-order valence-corrected chi connectivity index (χ0v) is 15.7. The molecule has 0 saturated carbocycles. The van der Waals surface area contributed by atoms with Crippen LogP contribution in [0.3, 0.4) is 0 Å². The van der Waals surface area contributed by atoms with Gasteiger partial charge in [-0.05, 0) is 36.2 Å². The van der Waals surface area contributed by atoms with Gasteiger partial charge in [0.1, 0.15) is 0 Å². The maximum atomic E-state index is 12.2. The molecular formula is C19H20Cl2N2O2. The number of aryl methyl sites for hydroxylation is 1. The highest BCUT2D eigenvalue weighted by Gasteiger charge is 2.14. The van der Waals surface area contributed by atoms with Crippen LogP contribution >= 0.6 is 23.2 Å². The van der Waals surface area contributed by atoms with E-state index in [4.69, 9.17) is 23.2 Å². The van der Waals surface area contributed by atoms with Crippen LogP contribution in [0.1, 0.15) is 24.5 Å². The number of anilines is 1. The molecule has 6 heteroatoms. The minimum atomic E-state index is -0.222. The highest BCUT2D eigenvalue weighted by molar-refractivity contribution is 6.35. The standard InChI is InChI=1S/C19H20Cl2N2O2/c1-13-5-3-4-6-15(13)12-23(14(2)24)10-9-19(25)22-18-11-16(20)7-8-17(18)21/h3-8,11H,9-10,12H2,1-2H3,(H,22,25). The summed E-state index contributed by atoms with van der Waals surface area (Å²) in [5.41, 5.74) is 2.65. The summed E-state index contributed by atoms with van der Waals surface area (Å²) >= 11 is 12.0. The summed E-state index contributed by atoms with van der Waals surface area (Å²) < 4.78 is 0. The molecule has 0 unspecified atom stereocenters. The Balaban J connectivity index is 1.96. The molecule has 2 rings (SSSR count). The Bertz CT molecular complexity index is 778. The molecule has 0 spiro atoms. The van der Waals surface area contributed by atoms with Crippen LogP contribution < -0.4 is 5.32 Å². The molecule has 0 atom stereocenters. The van der Waals surface area contributed by atoms with Crippen molar-refractivity contribution in [2.45, 2.75) is 26.8 Å². The van der Waals surface area contributed by atoms with E-state index in [0.717, 1.165) is 11.1 Å². The molecule has 4 nitrogen and oxygen atoms in total. The smallest absolute Gasteiger partial charge is 0.226 e. The Morgan fingerprint density at radius 3 is 2.52 bits per heavy atom. The lowest BCUT2D eigenvalue weighted by atomic mass is 10.1. The van der Waals surface area contributed by atoms with E-state index in [1.807, 2.05) is 31.2 Å². The van der Waals surface area contributed by atoms with Gasteiger partial charge in [0.25, 0.3) is 0 Å². The van der Waals surface area contributed by atoms with Crippen LogP contribution in [0.4, 0.5) is 5.69 Å². The van der Waals surface area contributed by atoms with E-state index >= 15 is 0 Å². The molecule has 0 bridgehead atoms. The lowest BCUT2D eigenvalue weighted by Gasteiger charge is -2.22. The van der Waals surface area contributed by atoms with E-state index in [9.17, 15) is 9.59 Å². The third-order valence-corrected chi connectivity index (χ3v) is 4.44. The molecule has 132 valence electrons. The Kier molecular flexibility index (Phi) is 6.85. The number of hydrogen-bond acceptors (Lipinski definition) is 2. The van der Waals surface area contributed by atoms with Crippen molar-refractivity contribution in [1.82, 2.24) is 4.90 Å². The van der Waals surface area contributed by atoms with Crippen LogP contribution in [0.15, 0.2) is 42.5 Å². The Labute approximate surface area is 157 Å². The van der Waals surface area contributed by atoms with Crippen molar-refractivity contribution in [3.63, 3.8) is 0 Å². The molecular weight excluding hydrogens is 359 g/mol. The molecule has 2 aromatic rings. The predicted molar refractivity (Wildman–Crippen MR) is 102 cm³/mol. The molecule has 0 aromatic heterocycles. The topological polar surface area (TPSA) is 49.4 Å².